The summed E-state index contributed by atoms with van der Waals surface area (Å²) in [6.07, 6.45) is 6.41. The summed E-state index contributed by atoms with van der Waals surface area (Å²) in [5.41, 5.74) is 5.51. The van der Waals surface area contributed by atoms with Gasteiger partial charge in [0.2, 0.25) is 5.91 Å². The molecule has 0 spiro atoms. The molecule has 0 aromatic rings. The highest BCUT2D eigenvalue weighted by Crippen LogP contribution is 2.23. The Labute approximate surface area is 145 Å². The van der Waals surface area contributed by atoms with Crippen molar-refractivity contribution >= 4 is 12.0 Å². The molecular weight excluding hydrogens is 306 g/mol. The number of nitrogens with zero attached hydrogens (tertiary/aromatic N) is 1. The van der Waals surface area contributed by atoms with Crippen molar-refractivity contribution in [2.24, 2.45) is 11.7 Å². The van der Waals surface area contributed by atoms with E-state index in [0.717, 1.165) is 44.9 Å². The molecule has 1 saturated heterocycles. The first-order valence-corrected chi connectivity index (χ1v) is 9.28. The number of nitrogens with two attached hydrogens (primary N) is 1. The molecule has 138 valence electrons. The van der Waals surface area contributed by atoms with Crippen molar-refractivity contribution < 1.29 is 14.3 Å². The van der Waals surface area contributed by atoms with Crippen LogP contribution in [0.15, 0.2) is 0 Å². The molecule has 0 unspecified atom stereocenters. The zero-order valence-electron chi connectivity index (χ0n) is 15.3. The lowest BCUT2D eigenvalue weighted by Gasteiger charge is -2.25. The van der Waals surface area contributed by atoms with Gasteiger partial charge in [0.05, 0.1) is 0 Å². The van der Waals surface area contributed by atoms with E-state index < -0.39 is 5.60 Å². The van der Waals surface area contributed by atoms with Crippen LogP contribution in [0, 0.1) is 5.92 Å². The average Bonchev–Trinajstić information content (AvgIpc) is 2.89. The highest BCUT2D eigenvalue weighted by Gasteiger charge is 2.32. The molecule has 1 aliphatic heterocycles. The van der Waals surface area contributed by atoms with Gasteiger partial charge < -0.3 is 20.7 Å². The van der Waals surface area contributed by atoms with Crippen molar-refractivity contribution in [3.05, 3.63) is 0 Å². The fourth-order valence-corrected chi connectivity index (χ4v) is 3.49. The monoisotopic (exact) mass is 339 g/mol. The summed E-state index contributed by atoms with van der Waals surface area (Å²) in [5, 5.41) is 3.14. The number of carbonyl (C=O) groups is 2. The standard InChI is InChI=1S/C18H33N3O3/c1-18(2,3)24-17(23)21-11-10-15(12-21)20-16(22)13-6-4-8-14(19)9-5-7-13/h13-15H,4-12,19H2,1-3H3,(H,20,22)/t13?,14?,15-/m1/s1. The van der Waals surface area contributed by atoms with Gasteiger partial charge in [-0.15, -0.1) is 0 Å². The molecule has 2 amide bonds. The maximum atomic E-state index is 12.5. The molecule has 3 N–H and O–H groups in total. The third-order valence-corrected chi connectivity index (χ3v) is 4.81. The average molecular weight is 339 g/mol. The minimum Gasteiger partial charge on any atom is -0.444 e. The third-order valence-electron chi connectivity index (χ3n) is 4.81. The van der Waals surface area contributed by atoms with E-state index in [0.29, 0.717) is 19.1 Å². The van der Waals surface area contributed by atoms with E-state index in [1.54, 1.807) is 4.90 Å². The Morgan fingerprint density at radius 1 is 1.08 bits per heavy atom. The van der Waals surface area contributed by atoms with Crippen molar-refractivity contribution in [3.8, 4) is 0 Å². The van der Waals surface area contributed by atoms with E-state index in [4.69, 9.17) is 10.5 Å². The Balaban J connectivity index is 1.77. The quantitative estimate of drug-likeness (QED) is 0.809. The largest absolute Gasteiger partial charge is 0.444 e. The number of ether oxygens (including phenoxy) is 1. The topological polar surface area (TPSA) is 84.7 Å². The second-order valence-corrected chi connectivity index (χ2v) is 8.24. The van der Waals surface area contributed by atoms with Crippen LogP contribution in [-0.4, -0.2) is 47.7 Å². The molecule has 0 bridgehead atoms. The lowest BCUT2D eigenvalue weighted by molar-refractivity contribution is -0.126. The van der Waals surface area contributed by atoms with Crippen LogP contribution < -0.4 is 11.1 Å². The Hall–Kier alpha value is -1.30. The molecule has 6 nitrogen and oxygen atoms in total. The predicted molar refractivity (Wildman–Crippen MR) is 93.5 cm³/mol. The maximum Gasteiger partial charge on any atom is 0.410 e. The molecule has 24 heavy (non-hydrogen) atoms. The summed E-state index contributed by atoms with van der Waals surface area (Å²) in [7, 11) is 0. The lowest BCUT2D eigenvalue weighted by atomic mass is 9.88. The minimum atomic E-state index is -0.488. The Morgan fingerprint density at radius 3 is 2.29 bits per heavy atom. The molecule has 2 fully saturated rings. The van der Waals surface area contributed by atoms with Crippen LogP contribution in [0.1, 0.15) is 65.7 Å². The first-order valence-electron chi connectivity index (χ1n) is 9.28. The number of carbonyl (C=O) groups excluding carboxylic acids is 2. The highest BCUT2D eigenvalue weighted by atomic mass is 16.6. The highest BCUT2D eigenvalue weighted by molar-refractivity contribution is 5.79. The van der Waals surface area contributed by atoms with Gasteiger partial charge in [0.1, 0.15) is 5.60 Å². The van der Waals surface area contributed by atoms with Crippen LogP contribution in [0.2, 0.25) is 0 Å². The number of likely N-dealkylation sites (tertiary alicyclic amines) is 1. The van der Waals surface area contributed by atoms with Gasteiger partial charge in [-0.2, -0.15) is 0 Å². The molecule has 1 saturated carbocycles. The molecular formula is C18H33N3O3. The van der Waals surface area contributed by atoms with Crippen LogP contribution in [0.25, 0.3) is 0 Å². The van der Waals surface area contributed by atoms with Crippen molar-refractivity contribution in [3.63, 3.8) is 0 Å². The van der Waals surface area contributed by atoms with E-state index in [9.17, 15) is 9.59 Å². The zero-order valence-corrected chi connectivity index (χ0v) is 15.3. The number of nitrogens with one attached hydrogen (secondary N) is 1. The van der Waals surface area contributed by atoms with Gasteiger partial charge in [0, 0.05) is 31.1 Å². The van der Waals surface area contributed by atoms with Crippen molar-refractivity contribution in [1.82, 2.24) is 10.2 Å². The van der Waals surface area contributed by atoms with Gasteiger partial charge in [-0.3, -0.25) is 4.79 Å². The minimum absolute atomic E-state index is 0.0396. The summed E-state index contributed by atoms with van der Waals surface area (Å²) >= 11 is 0. The van der Waals surface area contributed by atoms with Gasteiger partial charge in [0.25, 0.3) is 0 Å². The summed E-state index contributed by atoms with van der Waals surface area (Å²) in [6, 6.07) is 0.337. The van der Waals surface area contributed by atoms with E-state index in [-0.39, 0.29) is 24.0 Å². The number of hydrogen-bond acceptors (Lipinski definition) is 4. The van der Waals surface area contributed by atoms with Gasteiger partial charge >= 0.3 is 6.09 Å². The Bertz CT molecular complexity index is 437. The van der Waals surface area contributed by atoms with Gasteiger partial charge in [-0.25, -0.2) is 4.79 Å². The smallest absolute Gasteiger partial charge is 0.410 e. The van der Waals surface area contributed by atoms with Crippen molar-refractivity contribution in [2.45, 2.75) is 83.4 Å². The zero-order chi connectivity index (χ0) is 17.7. The third kappa shape index (κ3) is 5.96. The summed E-state index contributed by atoms with van der Waals surface area (Å²) in [4.78, 5) is 26.3. The molecule has 1 atom stereocenters. The summed E-state index contributed by atoms with van der Waals surface area (Å²) < 4.78 is 5.39. The molecule has 0 aromatic carbocycles. The second-order valence-electron chi connectivity index (χ2n) is 8.24. The Kier molecular flexibility index (Phi) is 6.49. The number of hydrogen-bond donors (Lipinski definition) is 2. The molecule has 0 radical (unpaired) electrons. The van der Waals surface area contributed by atoms with Crippen LogP contribution >= 0.6 is 0 Å². The lowest BCUT2D eigenvalue weighted by Crippen LogP contribution is -2.42. The van der Waals surface area contributed by atoms with Gasteiger partial charge in [0.15, 0.2) is 0 Å². The van der Waals surface area contributed by atoms with E-state index in [1.165, 1.54) is 0 Å². The van der Waals surface area contributed by atoms with Crippen LogP contribution in [0.3, 0.4) is 0 Å². The van der Waals surface area contributed by atoms with E-state index >= 15 is 0 Å². The van der Waals surface area contributed by atoms with Gasteiger partial charge in [-0.1, -0.05) is 12.8 Å². The summed E-state index contributed by atoms with van der Waals surface area (Å²) in [5.74, 6) is 0.231. The molecule has 1 aliphatic carbocycles. The predicted octanol–water partition coefficient (Wildman–Crippen LogP) is 2.41. The van der Waals surface area contributed by atoms with Crippen molar-refractivity contribution in [1.29, 1.82) is 0 Å². The SMILES string of the molecule is CC(C)(C)OC(=O)N1CC[C@@H](NC(=O)C2CCCC(N)CCC2)C1. The van der Waals surface area contributed by atoms with Gasteiger partial charge in [-0.05, 0) is 52.9 Å². The van der Waals surface area contributed by atoms with E-state index in [1.807, 2.05) is 20.8 Å². The normalized spacial score (nSPS) is 28.8. The van der Waals surface area contributed by atoms with Crippen LogP contribution in [0.5, 0.6) is 0 Å². The number of amides is 2. The maximum absolute atomic E-state index is 12.5. The summed E-state index contributed by atoms with van der Waals surface area (Å²) in [6.45, 7) is 6.76. The van der Waals surface area contributed by atoms with Crippen LogP contribution in [-0.2, 0) is 9.53 Å². The first-order chi connectivity index (χ1) is 11.2. The molecule has 0 aromatic heterocycles. The second kappa shape index (κ2) is 8.19. The molecule has 2 aliphatic rings. The fourth-order valence-electron chi connectivity index (χ4n) is 3.49. The molecule has 6 heteroatoms. The number of rotatable bonds is 2. The van der Waals surface area contributed by atoms with E-state index in [2.05, 4.69) is 5.32 Å². The fraction of sp³-hybridized carbons (Fsp3) is 0.889. The van der Waals surface area contributed by atoms with Crippen molar-refractivity contribution in [2.75, 3.05) is 13.1 Å². The molecule has 2 rings (SSSR count). The van der Waals surface area contributed by atoms with Crippen LogP contribution in [0.4, 0.5) is 4.79 Å². The molecule has 1 heterocycles. The Morgan fingerprint density at radius 2 is 1.71 bits per heavy atom. The first kappa shape index (κ1) is 19.0.